The predicted molar refractivity (Wildman–Crippen MR) is 142 cm³/mol. The molecule has 0 saturated carbocycles. The minimum Gasteiger partial charge on any atom is -0.463 e. The summed E-state index contributed by atoms with van der Waals surface area (Å²) in [5.41, 5.74) is 3.40. The van der Waals surface area contributed by atoms with Gasteiger partial charge in [0, 0.05) is 1.43 Å². The summed E-state index contributed by atoms with van der Waals surface area (Å²) in [6.45, 7) is 4.10. The fourth-order valence-electron chi connectivity index (χ4n) is 4.19. The van der Waals surface area contributed by atoms with E-state index in [0.717, 1.165) is 16.7 Å². The molecule has 2 heterocycles. The second-order valence-corrected chi connectivity index (χ2v) is 10.3. The summed E-state index contributed by atoms with van der Waals surface area (Å²) in [7, 11) is -4.13. The third-order valence-corrected chi connectivity index (χ3v) is 7.55. The lowest BCUT2D eigenvalue weighted by molar-refractivity contribution is 0.0971. The molecule has 0 saturated heterocycles. The molecule has 0 spiro atoms. The van der Waals surface area contributed by atoms with Crippen LogP contribution in [-0.4, -0.2) is 24.1 Å². The maximum Gasteiger partial charge on any atom is 0.283 e. The standard InChI is InChI=1S/C28H23N3O5S.H2/c1-18-9-8-10-19(2)22(18)16-31-25(28(33)30-37(34,35)20-11-4-3-5-12-20)15-24(29-31)23-17-36-26-14-7-6-13-21(26)27(23)32;/h3-15,17H,16H2,1-2H3,(H,30,33);1H. The Morgan fingerprint density at radius 1 is 0.973 bits per heavy atom. The van der Waals surface area contributed by atoms with Gasteiger partial charge in [0.2, 0.25) is 5.43 Å². The molecule has 0 fully saturated rings. The Morgan fingerprint density at radius 2 is 1.65 bits per heavy atom. The third-order valence-electron chi connectivity index (χ3n) is 6.20. The number of hydrogen-bond donors (Lipinski definition) is 1. The van der Waals surface area contributed by atoms with Gasteiger partial charge in [0.15, 0.2) is 0 Å². The zero-order chi connectivity index (χ0) is 26.2. The number of para-hydroxylation sites is 1. The highest BCUT2D eigenvalue weighted by atomic mass is 32.2. The van der Waals surface area contributed by atoms with E-state index in [2.05, 4.69) is 9.82 Å². The molecule has 9 heteroatoms. The topological polar surface area (TPSA) is 111 Å². The predicted octanol–water partition coefficient (Wildman–Crippen LogP) is 4.69. The minimum atomic E-state index is -4.13. The Labute approximate surface area is 214 Å². The van der Waals surface area contributed by atoms with E-state index in [9.17, 15) is 18.0 Å². The number of carbonyl (C=O) groups is 1. The molecule has 5 rings (SSSR count). The van der Waals surface area contributed by atoms with Gasteiger partial charge in [-0.05, 0) is 60.9 Å². The van der Waals surface area contributed by atoms with Crippen molar-refractivity contribution in [3.05, 3.63) is 118 Å². The van der Waals surface area contributed by atoms with Gasteiger partial charge in [-0.25, -0.2) is 13.1 Å². The molecule has 0 radical (unpaired) electrons. The maximum absolute atomic E-state index is 13.3. The van der Waals surface area contributed by atoms with E-state index in [4.69, 9.17) is 4.42 Å². The molecule has 8 nitrogen and oxygen atoms in total. The highest BCUT2D eigenvalue weighted by Gasteiger charge is 2.24. The molecule has 0 aliphatic heterocycles. The van der Waals surface area contributed by atoms with Crippen molar-refractivity contribution in [2.24, 2.45) is 0 Å². The van der Waals surface area contributed by atoms with Crippen molar-refractivity contribution in [1.29, 1.82) is 0 Å². The van der Waals surface area contributed by atoms with Crippen molar-refractivity contribution in [2.75, 3.05) is 0 Å². The van der Waals surface area contributed by atoms with Crippen LogP contribution < -0.4 is 10.2 Å². The van der Waals surface area contributed by atoms with Gasteiger partial charge < -0.3 is 4.42 Å². The van der Waals surface area contributed by atoms with Crippen LogP contribution in [0.5, 0.6) is 0 Å². The largest absolute Gasteiger partial charge is 0.463 e. The first kappa shape index (κ1) is 24.2. The van der Waals surface area contributed by atoms with Crippen LogP contribution in [0.15, 0.2) is 99.2 Å². The van der Waals surface area contributed by atoms with Gasteiger partial charge >= 0.3 is 0 Å². The Bertz CT molecular complexity index is 1790. The van der Waals surface area contributed by atoms with Crippen molar-refractivity contribution in [3.63, 3.8) is 0 Å². The number of aryl methyl sites for hydroxylation is 2. The normalized spacial score (nSPS) is 11.5. The molecule has 0 unspecified atom stereocenters. The van der Waals surface area contributed by atoms with E-state index in [1.165, 1.54) is 29.1 Å². The fourth-order valence-corrected chi connectivity index (χ4v) is 5.17. The van der Waals surface area contributed by atoms with Gasteiger partial charge in [-0.15, -0.1) is 0 Å². The number of aromatic nitrogens is 2. The number of sulfonamides is 1. The average Bonchev–Trinajstić information content (AvgIpc) is 3.31. The van der Waals surface area contributed by atoms with Crippen LogP contribution in [0.4, 0.5) is 0 Å². The van der Waals surface area contributed by atoms with Crippen LogP contribution in [0.25, 0.3) is 22.2 Å². The number of fused-ring (bicyclic) bond motifs is 1. The highest BCUT2D eigenvalue weighted by Crippen LogP contribution is 2.23. The molecule has 0 aliphatic carbocycles. The summed E-state index contributed by atoms with van der Waals surface area (Å²) in [6, 6.07) is 21.7. The van der Waals surface area contributed by atoms with E-state index in [1.54, 1.807) is 42.5 Å². The van der Waals surface area contributed by atoms with Crippen LogP contribution in [0.3, 0.4) is 0 Å². The average molecular weight is 516 g/mol. The second-order valence-electron chi connectivity index (χ2n) is 8.67. The first-order valence-corrected chi connectivity index (χ1v) is 13.0. The number of rotatable bonds is 6. The van der Waals surface area contributed by atoms with Crippen molar-refractivity contribution >= 4 is 26.9 Å². The van der Waals surface area contributed by atoms with E-state index in [1.807, 2.05) is 32.0 Å². The molecule has 0 aliphatic rings. The van der Waals surface area contributed by atoms with Crippen LogP contribution in [0.1, 0.15) is 28.6 Å². The Balaban J connectivity index is 0.00000336. The Morgan fingerprint density at radius 3 is 2.38 bits per heavy atom. The van der Waals surface area contributed by atoms with Crippen LogP contribution in [0, 0.1) is 13.8 Å². The highest BCUT2D eigenvalue weighted by molar-refractivity contribution is 7.90. The van der Waals surface area contributed by atoms with E-state index < -0.39 is 15.9 Å². The molecule has 188 valence electrons. The van der Waals surface area contributed by atoms with Gasteiger partial charge in [0.05, 0.1) is 22.4 Å². The smallest absolute Gasteiger partial charge is 0.283 e. The Kier molecular flexibility index (Phi) is 6.22. The lowest BCUT2D eigenvalue weighted by Gasteiger charge is -2.13. The quantitative estimate of drug-likeness (QED) is 0.351. The number of hydrogen-bond acceptors (Lipinski definition) is 6. The van der Waals surface area contributed by atoms with Crippen molar-refractivity contribution in [2.45, 2.75) is 25.3 Å². The maximum atomic E-state index is 13.3. The van der Waals surface area contributed by atoms with Gasteiger partial charge in [-0.2, -0.15) is 5.10 Å². The molecule has 0 atom stereocenters. The third kappa shape index (κ3) is 4.68. The van der Waals surface area contributed by atoms with E-state index in [-0.39, 0.29) is 35.2 Å². The zero-order valence-corrected chi connectivity index (χ0v) is 21.0. The summed E-state index contributed by atoms with van der Waals surface area (Å²) in [5, 5.41) is 4.93. The molecule has 37 heavy (non-hydrogen) atoms. The SMILES string of the molecule is Cc1cccc(C)c1Cn1nc(-c2coc3ccccc3c2=O)cc1C(=O)NS(=O)(=O)c1ccccc1.[HH]. The van der Waals surface area contributed by atoms with Gasteiger partial charge in [-0.1, -0.05) is 48.5 Å². The van der Waals surface area contributed by atoms with E-state index >= 15 is 0 Å². The second kappa shape index (κ2) is 9.51. The summed E-state index contributed by atoms with van der Waals surface area (Å²) in [4.78, 5) is 26.5. The number of nitrogens with one attached hydrogen (secondary N) is 1. The summed E-state index contributed by atoms with van der Waals surface area (Å²) >= 11 is 0. The molecule has 1 N–H and O–H groups in total. The molecular formula is C28H25N3O5S. The van der Waals surface area contributed by atoms with Gasteiger partial charge in [0.1, 0.15) is 23.2 Å². The minimum absolute atomic E-state index is 0. The van der Waals surface area contributed by atoms with E-state index in [0.29, 0.717) is 11.0 Å². The monoisotopic (exact) mass is 515 g/mol. The number of nitrogens with zero attached hydrogens (tertiary/aromatic N) is 2. The van der Waals surface area contributed by atoms with Crippen LogP contribution >= 0.6 is 0 Å². The summed E-state index contributed by atoms with van der Waals surface area (Å²) < 4.78 is 34.9. The first-order chi connectivity index (χ1) is 17.7. The molecule has 2 aromatic heterocycles. The molecule has 5 aromatic rings. The molecule has 0 bridgehead atoms. The molecule has 1 amide bonds. The van der Waals surface area contributed by atoms with Crippen LogP contribution in [0.2, 0.25) is 0 Å². The lowest BCUT2D eigenvalue weighted by Crippen LogP contribution is -2.32. The lowest BCUT2D eigenvalue weighted by atomic mass is 10.0. The van der Waals surface area contributed by atoms with Gasteiger partial charge in [0.25, 0.3) is 15.9 Å². The van der Waals surface area contributed by atoms with Crippen LogP contribution in [-0.2, 0) is 16.6 Å². The first-order valence-electron chi connectivity index (χ1n) is 11.5. The van der Waals surface area contributed by atoms with Crippen molar-refractivity contribution < 1.29 is 19.1 Å². The number of benzene rings is 3. The molecule has 3 aromatic carbocycles. The van der Waals surface area contributed by atoms with Crippen molar-refractivity contribution in [3.8, 4) is 11.3 Å². The fraction of sp³-hybridized carbons (Fsp3) is 0.107. The molecular weight excluding hydrogens is 490 g/mol. The summed E-state index contributed by atoms with van der Waals surface area (Å²) in [5.74, 6) is -0.862. The van der Waals surface area contributed by atoms with Gasteiger partial charge in [-0.3, -0.25) is 14.3 Å². The number of carbonyl (C=O) groups excluding carboxylic acids is 1. The Hall–Kier alpha value is -4.50. The summed E-state index contributed by atoms with van der Waals surface area (Å²) in [6.07, 6.45) is 1.30. The number of amides is 1. The zero-order valence-electron chi connectivity index (χ0n) is 20.1. The van der Waals surface area contributed by atoms with Crippen molar-refractivity contribution in [1.82, 2.24) is 14.5 Å².